The first-order valence-electron chi connectivity index (χ1n) is 11.7. The molecule has 0 spiro atoms. The van der Waals surface area contributed by atoms with Gasteiger partial charge in [0, 0.05) is 34.2 Å². The third-order valence-corrected chi connectivity index (χ3v) is 5.89. The highest BCUT2D eigenvalue weighted by molar-refractivity contribution is 6.30. The van der Waals surface area contributed by atoms with Gasteiger partial charge in [-0.25, -0.2) is 10.2 Å². The number of rotatable bonds is 9. The van der Waals surface area contributed by atoms with Crippen LogP contribution in [0.15, 0.2) is 90.2 Å². The molecule has 0 aliphatic rings. The van der Waals surface area contributed by atoms with Gasteiger partial charge in [-0.3, -0.25) is 4.79 Å². The lowest BCUT2D eigenvalue weighted by molar-refractivity contribution is -0.121. The molecule has 0 aliphatic heterocycles. The molecule has 2 N–H and O–H groups in total. The van der Waals surface area contributed by atoms with Crippen LogP contribution in [0, 0.1) is 0 Å². The van der Waals surface area contributed by atoms with Crippen molar-refractivity contribution >= 4 is 40.7 Å². The largest absolute Gasteiger partial charge is 0.450 e. The fourth-order valence-electron chi connectivity index (χ4n) is 3.95. The van der Waals surface area contributed by atoms with Crippen LogP contribution in [0.4, 0.5) is 4.79 Å². The predicted molar refractivity (Wildman–Crippen MR) is 142 cm³/mol. The normalized spacial score (nSPS) is 11.9. The molecule has 0 bridgehead atoms. The van der Waals surface area contributed by atoms with Crippen molar-refractivity contribution in [2.24, 2.45) is 5.10 Å². The van der Waals surface area contributed by atoms with E-state index in [0.717, 1.165) is 27.6 Å². The number of alkyl carbamates (subject to hydrolysis) is 1. The van der Waals surface area contributed by atoms with Crippen LogP contribution in [0.5, 0.6) is 0 Å². The summed E-state index contributed by atoms with van der Waals surface area (Å²) in [5.74, 6) is -0.332. The summed E-state index contributed by atoms with van der Waals surface area (Å²) >= 11 is 6.02. The SMILES string of the molecule is CCOC(=O)N[C@H](CC(=O)N/N=C\c1cn(Cc2ccc(Cl)cc2)c2ccccc12)c1ccccc1. The topological polar surface area (TPSA) is 84.7 Å². The van der Waals surface area contributed by atoms with Crippen molar-refractivity contribution in [1.29, 1.82) is 0 Å². The van der Waals surface area contributed by atoms with Gasteiger partial charge in [0.2, 0.25) is 5.91 Å². The van der Waals surface area contributed by atoms with E-state index in [0.29, 0.717) is 11.6 Å². The molecule has 184 valence electrons. The smallest absolute Gasteiger partial charge is 0.407 e. The van der Waals surface area contributed by atoms with Crippen LogP contribution < -0.4 is 10.7 Å². The van der Waals surface area contributed by atoms with Gasteiger partial charge in [-0.1, -0.05) is 72.3 Å². The third kappa shape index (κ3) is 6.52. The first-order chi connectivity index (χ1) is 17.5. The quantitative estimate of drug-likeness (QED) is 0.228. The second-order valence-corrected chi connectivity index (χ2v) is 8.62. The minimum atomic E-state index is -0.573. The monoisotopic (exact) mass is 502 g/mol. The lowest BCUT2D eigenvalue weighted by atomic mass is 10.0. The molecular weight excluding hydrogens is 476 g/mol. The Bertz CT molecular complexity index is 1350. The summed E-state index contributed by atoms with van der Waals surface area (Å²) in [5, 5.41) is 8.65. The van der Waals surface area contributed by atoms with E-state index in [1.807, 2.05) is 85.1 Å². The average molecular weight is 503 g/mol. The van der Waals surface area contributed by atoms with Gasteiger partial charge in [0.25, 0.3) is 0 Å². The number of aromatic nitrogens is 1. The van der Waals surface area contributed by atoms with E-state index >= 15 is 0 Å². The van der Waals surface area contributed by atoms with Crippen molar-refractivity contribution in [2.45, 2.75) is 25.9 Å². The van der Waals surface area contributed by atoms with E-state index in [4.69, 9.17) is 16.3 Å². The van der Waals surface area contributed by atoms with Crippen LogP contribution in [0.2, 0.25) is 5.02 Å². The summed E-state index contributed by atoms with van der Waals surface area (Å²) in [6, 6.07) is 24.5. The number of fused-ring (bicyclic) bond motifs is 1. The predicted octanol–water partition coefficient (Wildman–Crippen LogP) is 5.67. The first kappa shape index (κ1) is 25.0. The summed E-state index contributed by atoms with van der Waals surface area (Å²) in [5.41, 5.74) is 6.44. The van der Waals surface area contributed by atoms with E-state index in [2.05, 4.69) is 20.4 Å². The molecule has 3 aromatic carbocycles. The highest BCUT2D eigenvalue weighted by Gasteiger charge is 2.19. The molecule has 0 radical (unpaired) electrons. The minimum absolute atomic E-state index is 0.0124. The van der Waals surface area contributed by atoms with Crippen LogP contribution in [-0.2, 0) is 16.1 Å². The molecule has 1 atom stereocenters. The van der Waals surface area contributed by atoms with Crippen molar-refractivity contribution < 1.29 is 14.3 Å². The maximum Gasteiger partial charge on any atom is 0.407 e. The van der Waals surface area contributed by atoms with Gasteiger partial charge in [0.15, 0.2) is 0 Å². The molecule has 0 saturated carbocycles. The van der Waals surface area contributed by atoms with Crippen molar-refractivity contribution in [2.75, 3.05) is 6.61 Å². The van der Waals surface area contributed by atoms with Crippen molar-refractivity contribution in [3.63, 3.8) is 0 Å². The summed E-state index contributed by atoms with van der Waals surface area (Å²) in [4.78, 5) is 24.6. The molecule has 0 fully saturated rings. The van der Waals surface area contributed by atoms with Gasteiger partial charge in [-0.2, -0.15) is 5.10 Å². The summed E-state index contributed by atoms with van der Waals surface area (Å²) in [6.07, 6.45) is 3.08. The van der Waals surface area contributed by atoms with Gasteiger partial charge < -0.3 is 14.6 Å². The fourth-order valence-corrected chi connectivity index (χ4v) is 4.08. The number of benzene rings is 3. The molecule has 4 rings (SSSR count). The Morgan fingerprint density at radius 2 is 1.75 bits per heavy atom. The number of hydrogen-bond donors (Lipinski definition) is 2. The summed E-state index contributed by atoms with van der Waals surface area (Å²) < 4.78 is 7.12. The molecule has 36 heavy (non-hydrogen) atoms. The zero-order valence-electron chi connectivity index (χ0n) is 19.9. The highest BCUT2D eigenvalue weighted by Crippen LogP contribution is 2.22. The zero-order valence-corrected chi connectivity index (χ0v) is 20.6. The Hall–Kier alpha value is -4.10. The van der Waals surface area contributed by atoms with Crippen LogP contribution in [0.25, 0.3) is 10.9 Å². The Morgan fingerprint density at radius 1 is 1.03 bits per heavy atom. The van der Waals surface area contributed by atoms with E-state index in [1.165, 1.54) is 0 Å². The summed E-state index contributed by atoms with van der Waals surface area (Å²) in [6.45, 7) is 2.65. The first-order valence-corrected chi connectivity index (χ1v) is 12.0. The van der Waals surface area contributed by atoms with Gasteiger partial charge >= 0.3 is 6.09 Å². The summed E-state index contributed by atoms with van der Waals surface area (Å²) in [7, 11) is 0. The maximum absolute atomic E-state index is 12.7. The molecule has 8 heteroatoms. The second kappa shape index (κ2) is 12.0. The lowest BCUT2D eigenvalue weighted by Gasteiger charge is -2.18. The Balaban J connectivity index is 1.46. The molecule has 1 aromatic heterocycles. The number of hydrazone groups is 1. The maximum atomic E-state index is 12.7. The molecular formula is C28H27ClN4O3. The number of nitrogens with one attached hydrogen (secondary N) is 2. The van der Waals surface area contributed by atoms with E-state index in [9.17, 15) is 9.59 Å². The van der Waals surface area contributed by atoms with Gasteiger partial charge in [-0.15, -0.1) is 0 Å². The number of halogens is 1. The molecule has 0 unspecified atom stereocenters. The number of carbonyl (C=O) groups excluding carboxylic acids is 2. The van der Waals surface area contributed by atoms with Crippen LogP contribution in [-0.4, -0.2) is 29.4 Å². The Kier molecular flexibility index (Phi) is 8.36. The van der Waals surface area contributed by atoms with Gasteiger partial charge in [0.05, 0.1) is 25.3 Å². The average Bonchev–Trinajstić information content (AvgIpc) is 3.23. The van der Waals surface area contributed by atoms with E-state index in [1.54, 1.807) is 13.1 Å². The molecule has 4 aromatic rings. The molecule has 0 aliphatic carbocycles. The Labute approximate surface area is 214 Å². The number of hydrogen-bond acceptors (Lipinski definition) is 4. The molecule has 1 heterocycles. The van der Waals surface area contributed by atoms with Crippen molar-refractivity contribution in [1.82, 2.24) is 15.3 Å². The Morgan fingerprint density at radius 3 is 2.50 bits per heavy atom. The van der Waals surface area contributed by atoms with Crippen molar-refractivity contribution in [3.05, 3.63) is 107 Å². The molecule has 0 saturated heterocycles. The molecule has 2 amide bonds. The number of carbonyl (C=O) groups is 2. The van der Waals surface area contributed by atoms with Crippen LogP contribution in [0.1, 0.15) is 36.1 Å². The van der Waals surface area contributed by atoms with E-state index in [-0.39, 0.29) is 18.9 Å². The molecule has 7 nitrogen and oxygen atoms in total. The number of ether oxygens (including phenoxy) is 1. The zero-order chi connectivity index (χ0) is 25.3. The third-order valence-electron chi connectivity index (χ3n) is 5.64. The number of amides is 2. The van der Waals surface area contributed by atoms with Crippen LogP contribution in [0.3, 0.4) is 0 Å². The lowest BCUT2D eigenvalue weighted by Crippen LogP contribution is -2.33. The fraction of sp³-hybridized carbons (Fsp3) is 0.179. The second-order valence-electron chi connectivity index (χ2n) is 8.18. The van der Waals surface area contributed by atoms with Crippen LogP contribution >= 0.6 is 11.6 Å². The minimum Gasteiger partial charge on any atom is -0.450 e. The standard InChI is InChI=1S/C28H27ClN4O3/c1-2-36-28(35)31-25(21-8-4-3-5-9-21)16-27(34)32-30-17-22-19-33(26-11-7-6-10-24(22)26)18-20-12-14-23(29)15-13-20/h3-15,17,19,25H,2,16,18H2,1H3,(H,31,35)(H,32,34)/b30-17-/t25-/m1/s1. The number of nitrogens with zero attached hydrogens (tertiary/aromatic N) is 2. The number of para-hydroxylation sites is 1. The highest BCUT2D eigenvalue weighted by atomic mass is 35.5. The van der Waals surface area contributed by atoms with Gasteiger partial charge in [0.1, 0.15) is 0 Å². The van der Waals surface area contributed by atoms with Gasteiger partial charge in [-0.05, 0) is 36.2 Å². The van der Waals surface area contributed by atoms with E-state index < -0.39 is 12.1 Å². The van der Waals surface area contributed by atoms with Crippen molar-refractivity contribution in [3.8, 4) is 0 Å².